The van der Waals surface area contributed by atoms with E-state index in [1.807, 2.05) is 6.92 Å². The van der Waals surface area contributed by atoms with Gasteiger partial charge in [-0.2, -0.15) is 0 Å². The van der Waals surface area contributed by atoms with Crippen LogP contribution in [0.2, 0.25) is 0 Å². The zero-order chi connectivity index (χ0) is 15.3. The van der Waals surface area contributed by atoms with Gasteiger partial charge in [-0.1, -0.05) is 26.3 Å². The molecule has 6 heteroatoms. The number of rotatable bonds is 6. The van der Waals surface area contributed by atoms with Crippen LogP contribution in [-0.2, 0) is 0 Å². The summed E-state index contributed by atoms with van der Waals surface area (Å²) < 4.78 is 0.248. The predicted octanol–water partition coefficient (Wildman–Crippen LogP) is 3.87. The molecule has 1 atom stereocenters. The minimum absolute atomic E-state index is 0.0876. The molecule has 0 aromatic heterocycles. The number of halogens is 1. The van der Waals surface area contributed by atoms with E-state index in [4.69, 9.17) is 0 Å². The summed E-state index contributed by atoms with van der Waals surface area (Å²) >= 11 is 3.17. The number of amides is 1. The topological polar surface area (TPSA) is 63.5 Å². The Bertz CT molecular complexity index is 505. The molecule has 0 saturated heterocycles. The van der Waals surface area contributed by atoms with Crippen molar-refractivity contribution < 1.29 is 9.72 Å². The minimum atomic E-state index is -0.494. The molecule has 110 valence electrons. The molecule has 0 N–H and O–H groups in total. The molecule has 0 heterocycles. The maximum Gasteiger partial charge on any atom is 0.284 e. The Labute approximate surface area is 127 Å². The molecule has 0 spiro atoms. The number of nitro benzene ring substituents is 1. The largest absolute Gasteiger partial charge is 0.339 e. The van der Waals surface area contributed by atoms with Crippen LogP contribution in [0.15, 0.2) is 22.7 Å². The molecule has 1 unspecified atom stereocenters. The van der Waals surface area contributed by atoms with Crippen LogP contribution in [0.5, 0.6) is 0 Å². The summed E-state index contributed by atoms with van der Waals surface area (Å²) in [6.45, 7) is 7.30. The molecule has 0 aliphatic rings. The fraction of sp³-hybridized carbons (Fsp3) is 0.500. The van der Waals surface area contributed by atoms with Crippen LogP contribution in [0.1, 0.15) is 37.6 Å². The first kappa shape index (κ1) is 16.6. The highest BCUT2D eigenvalue weighted by atomic mass is 79.9. The van der Waals surface area contributed by atoms with Gasteiger partial charge < -0.3 is 4.90 Å². The molecule has 1 aromatic rings. The lowest BCUT2D eigenvalue weighted by molar-refractivity contribution is -0.385. The number of hydrogen-bond donors (Lipinski definition) is 0. The molecular weight excluding hydrogens is 324 g/mol. The highest BCUT2D eigenvalue weighted by Crippen LogP contribution is 2.29. The predicted molar refractivity (Wildman–Crippen MR) is 81.8 cm³/mol. The lowest BCUT2D eigenvalue weighted by Gasteiger charge is -2.24. The Kier molecular flexibility index (Phi) is 6.13. The van der Waals surface area contributed by atoms with Crippen LogP contribution in [0.4, 0.5) is 5.69 Å². The molecule has 5 nitrogen and oxygen atoms in total. The van der Waals surface area contributed by atoms with E-state index >= 15 is 0 Å². The minimum Gasteiger partial charge on any atom is -0.339 e. The summed E-state index contributed by atoms with van der Waals surface area (Å²) in [7, 11) is 0. The second kappa shape index (κ2) is 7.38. The number of benzene rings is 1. The molecule has 0 aliphatic heterocycles. The number of nitrogens with zero attached hydrogens (tertiary/aromatic N) is 2. The number of carbonyl (C=O) groups is 1. The van der Waals surface area contributed by atoms with E-state index in [1.165, 1.54) is 12.1 Å². The maximum atomic E-state index is 12.5. The Morgan fingerprint density at radius 3 is 2.60 bits per heavy atom. The highest BCUT2D eigenvalue weighted by Gasteiger charge is 2.23. The molecule has 1 aromatic carbocycles. The van der Waals surface area contributed by atoms with E-state index in [1.54, 1.807) is 11.0 Å². The van der Waals surface area contributed by atoms with E-state index < -0.39 is 4.92 Å². The average Bonchev–Trinajstić information content (AvgIpc) is 2.43. The Balaban J connectivity index is 3.07. The number of hydrogen-bond acceptors (Lipinski definition) is 3. The van der Waals surface area contributed by atoms with Gasteiger partial charge in [0.1, 0.15) is 4.47 Å². The number of nitro groups is 1. The van der Waals surface area contributed by atoms with Crippen molar-refractivity contribution in [1.29, 1.82) is 0 Å². The standard InChI is InChI=1S/C14H19BrN2O3/c1-4-10(3)9-16(5-2)14(18)11-7-6-8-12(13(11)15)17(19)20/h6-8,10H,4-5,9H2,1-3H3. The van der Waals surface area contributed by atoms with Gasteiger partial charge in [0, 0.05) is 19.2 Å². The van der Waals surface area contributed by atoms with Crippen LogP contribution < -0.4 is 0 Å². The highest BCUT2D eigenvalue weighted by molar-refractivity contribution is 9.10. The summed E-state index contributed by atoms with van der Waals surface area (Å²) in [5.41, 5.74) is 0.250. The van der Waals surface area contributed by atoms with Gasteiger partial charge in [-0.25, -0.2) is 0 Å². The van der Waals surface area contributed by atoms with E-state index in [0.29, 0.717) is 24.6 Å². The Morgan fingerprint density at radius 1 is 1.45 bits per heavy atom. The summed E-state index contributed by atoms with van der Waals surface area (Å²) in [5, 5.41) is 10.9. The van der Waals surface area contributed by atoms with Crippen molar-refractivity contribution >= 4 is 27.5 Å². The monoisotopic (exact) mass is 342 g/mol. The van der Waals surface area contributed by atoms with Crippen LogP contribution in [0.25, 0.3) is 0 Å². The molecule has 20 heavy (non-hydrogen) atoms. The molecule has 0 bridgehead atoms. The van der Waals surface area contributed by atoms with Crippen LogP contribution in [-0.4, -0.2) is 28.8 Å². The van der Waals surface area contributed by atoms with Crippen molar-refractivity contribution in [2.24, 2.45) is 5.92 Å². The van der Waals surface area contributed by atoms with Crippen molar-refractivity contribution in [3.8, 4) is 0 Å². The molecule has 0 radical (unpaired) electrons. The van der Waals surface area contributed by atoms with Gasteiger partial charge in [0.15, 0.2) is 0 Å². The summed E-state index contributed by atoms with van der Waals surface area (Å²) in [4.78, 5) is 24.6. The quantitative estimate of drug-likeness (QED) is 0.582. The maximum absolute atomic E-state index is 12.5. The van der Waals surface area contributed by atoms with Crippen molar-refractivity contribution in [1.82, 2.24) is 4.90 Å². The van der Waals surface area contributed by atoms with Crippen molar-refractivity contribution in [3.63, 3.8) is 0 Å². The van der Waals surface area contributed by atoms with E-state index in [-0.39, 0.29) is 16.1 Å². The Morgan fingerprint density at radius 2 is 2.10 bits per heavy atom. The summed E-state index contributed by atoms with van der Waals surface area (Å²) in [6, 6.07) is 4.53. The van der Waals surface area contributed by atoms with Crippen molar-refractivity contribution in [2.45, 2.75) is 27.2 Å². The van der Waals surface area contributed by atoms with Gasteiger partial charge in [0.2, 0.25) is 0 Å². The lowest BCUT2D eigenvalue weighted by Crippen LogP contribution is -2.34. The van der Waals surface area contributed by atoms with E-state index in [2.05, 4.69) is 29.8 Å². The van der Waals surface area contributed by atoms with Crippen LogP contribution in [0, 0.1) is 16.0 Å². The summed E-state index contributed by atoms with van der Waals surface area (Å²) in [6.07, 6.45) is 0.986. The van der Waals surface area contributed by atoms with Gasteiger partial charge in [-0.15, -0.1) is 0 Å². The smallest absolute Gasteiger partial charge is 0.284 e. The third kappa shape index (κ3) is 3.79. The van der Waals surface area contributed by atoms with Crippen LogP contribution in [0.3, 0.4) is 0 Å². The zero-order valence-corrected chi connectivity index (χ0v) is 13.5. The molecule has 1 amide bonds. The molecule has 1 rings (SSSR count). The van der Waals surface area contributed by atoms with Gasteiger partial charge in [0.05, 0.1) is 10.5 Å². The second-order valence-corrected chi connectivity index (χ2v) is 5.55. The fourth-order valence-electron chi connectivity index (χ4n) is 1.86. The van der Waals surface area contributed by atoms with Crippen molar-refractivity contribution in [2.75, 3.05) is 13.1 Å². The van der Waals surface area contributed by atoms with E-state index in [9.17, 15) is 14.9 Å². The van der Waals surface area contributed by atoms with Crippen molar-refractivity contribution in [3.05, 3.63) is 38.3 Å². The first-order valence-electron chi connectivity index (χ1n) is 6.64. The SMILES string of the molecule is CCC(C)CN(CC)C(=O)c1cccc([N+](=O)[O-])c1Br. The van der Waals surface area contributed by atoms with Crippen LogP contribution >= 0.6 is 15.9 Å². The first-order valence-corrected chi connectivity index (χ1v) is 7.43. The second-order valence-electron chi connectivity index (χ2n) is 4.75. The van der Waals surface area contributed by atoms with Gasteiger partial charge >= 0.3 is 0 Å². The van der Waals surface area contributed by atoms with Gasteiger partial charge in [-0.3, -0.25) is 14.9 Å². The van der Waals surface area contributed by atoms with Gasteiger partial charge in [0.25, 0.3) is 11.6 Å². The zero-order valence-electron chi connectivity index (χ0n) is 11.9. The Hall–Kier alpha value is -1.43. The average molecular weight is 343 g/mol. The number of carbonyl (C=O) groups excluding carboxylic acids is 1. The summed E-state index contributed by atoms with van der Waals surface area (Å²) in [5.74, 6) is 0.222. The molecule has 0 aliphatic carbocycles. The lowest BCUT2D eigenvalue weighted by atomic mass is 10.1. The van der Waals surface area contributed by atoms with Gasteiger partial charge in [-0.05, 0) is 34.8 Å². The first-order chi connectivity index (χ1) is 9.42. The normalized spacial score (nSPS) is 12.0. The molecule has 0 fully saturated rings. The van der Waals surface area contributed by atoms with E-state index in [0.717, 1.165) is 6.42 Å². The third-order valence-corrected chi connectivity index (χ3v) is 4.14. The molecular formula is C14H19BrN2O3. The molecule has 0 saturated carbocycles. The third-order valence-electron chi connectivity index (χ3n) is 3.30. The fourth-order valence-corrected chi connectivity index (χ4v) is 2.44.